The van der Waals surface area contributed by atoms with Gasteiger partial charge in [-0.1, -0.05) is 75.4 Å². The van der Waals surface area contributed by atoms with Gasteiger partial charge < -0.3 is 10.1 Å². The number of unbranched alkanes of at least 4 members (excludes halogenated alkanes) is 5. The molecule has 148 valence electrons. The number of rotatable bonds is 13. The zero-order valence-corrected chi connectivity index (χ0v) is 17.5. The molecule has 0 saturated carbocycles. The fourth-order valence-corrected chi connectivity index (χ4v) is 3.36. The average Bonchev–Trinajstić information content (AvgIpc) is 2.69. The van der Waals surface area contributed by atoms with Gasteiger partial charge in [-0.15, -0.1) is 0 Å². The van der Waals surface area contributed by atoms with Crippen molar-refractivity contribution < 1.29 is 4.74 Å². The van der Waals surface area contributed by atoms with E-state index in [1.54, 1.807) is 0 Å². The molecule has 27 heavy (non-hydrogen) atoms. The van der Waals surface area contributed by atoms with Crippen LogP contribution in [-0.4, -0.2) is 13.2 Å². The fraction of sp³-hybridized carbons (Fsp3) is 0.520. The van der Waals surface area contributed by atoms with Crippen LogP contribution in [0.25, 0.3) is 0 Å². The summed E-state index contributed by atoms with van der Waals surface area (Å²) in [6, 6.07) is 17.5. The van der Waals surface area contributed by atoms with Crippen LogP contribution in [0.1, 0.15) is 75.1 Å². The molecule has 0 aliphatic carbocycles. The number of nitrogens with one attached hydrogen (secondary N) is 1. The van der Waals surface area contributed by atoms with Crippen LogP contribution in [-0.2, 0) is 6.42 Å². The number of hydrogen-bond acceptors (Lipinski definition) is 2. The number of ether oxygens (including phenoxy) is 1. The first-order chi connectivity index (χ1) is 13.2. The van der Waals surface area contributed by atoms with E-state index in [-0.39, 0.29) is 0 Å². The largest absolute Gasteiger partial charge is 0.494 e. The fourth-order valence-electron chi connectivity index (χ4n) is 3.36. The lowest BCUT2D eigenvalue weighted by Crippen LogP contribution is -2.21. The highest BCUT2D eigenvalue weighted by Crippen LogP contribution is 2.18. The highest BCUT2D eigenvalue weighted by Gasteiger charge is 2.05. The van der Waals surface area contributed by atoms with E-state index in [1.807, 2.05) is 0 Å². The summed E-state index contributed by atoms with van der Waals surface area (Å²) in [4.78, 5) is 0. The molecule has 0 saturated heterocycles. The summed E-state index contributed by atoms with van der Waals surface area (Å²) in [7, 11) is 0. The Balaban J connectivity index is 1.65. The molecule has 2 aromatic rings. The highest BCUT2D eigenvalue weighted by molar-refractivity contribution is 5.29. The minimum atomic E-state index is 0.349. The van der Waals surface area contributed by atoms with Crippen LogP contribution in [0.15, 0.2) is 48.5 Å². The van der Waals surface area contributed by atoms with Gasteiger partial charge in [-0.25, -0.2) is 0 Å². The van der Waals surface area contributed by atoms with E-state index in [1.165, 1.54) is 48.8 Å². The van der Waals surface area contributed by atoms with Crippen molar-refractivity contribution in [3.63, 3.8) is 0 Å². The van der Waals surface area contributed by atoms with Crippen LogP contribution in [0.2, 0.25) is 0 Å². The van der Waals surface area contributed by atoms with Crippen LogP contribution in [0.3, 0.4) is 0 Å². The van der Waals surface area contributed by atoms with E-state index in [2.05, 4.69) is 74.6 Å². The van der Waals surface area contributed by atoms with Crippen molar-refractivity contribution in [3.05, 3.63) is 65.2 Å². The van der Waals surface area contributed by atoms with Gasteiger partial charge in [-0.3, -0.25) is 0 Å². The zero-order valence-electron chi connectivity index (χ0n) is 17.5. The smallest absolute Gasteiger partial charge is 0.119 e. The third-order valence-electron chi connectivity index (χ3n) is 5.25. The maximum Gasteiger partial charge on any atom is 0.119 e. The van der Waals surface area contributed by atoms with Gasteiger partial charge >= 0.3 is 0 Å². The van der Waals surface area contributed by atoms with E-state index in [9.17, 15) is 0 Å². The molecule has 2 rings (SSSR count). The van der Waals surface area contributed by atoms with Crippen LogP contribution < -0.4 is 10.1 Å². The van der Waals surface area contributed by atoms with E-state index in [0.29, 0.717) is 6.04 Å². The third-order valence-corrected chi connectivity index (χ3v) is 5.25. The van der Waals surface area contributed by atoms with E-state index in [0.717, 1.165) is 31.7 Å². The Kier molecular flexibility index (Phi) is 10.0. The Bertz CT molecular complexity index is 635. The van der Waals surface area contributed by atoms with Crippen LogP contribution >= 0.6 is 0 Å². The van der Waals surface area contributed by atoms with Crippen molar-refractivity contribution in [1.82, 2.24) is 5.32 Å². The van der Waals surface area contributed by atoms with Gasteiger partial charge in [-0.2, -0.15) is 0 Å². The molecule has 0 amide bonds. The molecule has 0 bridgehead atoms. The molecular formula is C25H37NO. The summed E-state index contributed by atoms with van der Waals surface area (Å²) in [6.45, 7) is 8.48. The Labute approximate surface area is 166 Å². The second kappa shape index (κ2) is 12.6. The van der Waals surface area contributed by atoms with E-state index >= 15 is 0 Å². The summed E-state index contributed by atoms with van der Waals surface area (Å²) >= 11 is 0. The van der Waals surface area contributed by atoms with Crippen molar-refractivity contribution in [2.75, 3.05) is 13.2 Å². The molecular weight excluding hydrogens is 330 g/mol. The first-order valence-corrected chi connectivity index (χ1v) is 10.7. The Morgan fingerprint density at radius 3 is 2.33 bits per heavy atom. The Hall–Kier alpha value is -1.80. The molecule has 0 fully saturated rings. The summed E-state index contributed by atoms with van der Waals surface area (Å²) in [5.74, 6) is 0.986. The molecule has 2 aromatic carbocycles. The third kappa shape index (κ3) is 8.17. The number of hydrogen-bond donors (Lipinski definition) is 1. The molecule has 1 N–H and O–H groups in total. The molecule has 1 atom stereocenters. The van der Waals surface area contributed by atoms with Gasteiger partial charge in [0, 0.05) is 6.04 Å². The molecule has 0 aliphatic heterocycles. The van der Waals surface area contributed by atoms with Gasteiger partial charge in [0.05, 0.1) is 6.61 Å². The molecule has 2 heteroatoms. The topological polar surface area (TPSA) is 21.3 Å². The first-order valence-electron chi connectivity index (χ1n) is 10.7. The lowest BCUT2D eigenvalue weighted by Gasteiger charge is -2.15. The van der Waals surface area contributed by atoms with Crippen LogP contribution in [0, 0.1) is 6.92 Å². The van der Waals surface area contributed by atoms with Crippen LogP contribution in [0.4, 0.5) is 0 Å². The highest BCUT2D eigenvalue weighted by atomic mass is 16.5. The summed E-state index contributed by atoms with van der Waals surface area (Å²) in [5, 5.41) is 3.63. The van der Waals surface area contributed by atoms with Gasteiger partial charge in [-0.05, 0) is 62.1 Å². The standard InChI is InChI=1S/C25H37NO/c1-4-5-6-7-8-11-20-27-25-16-14-24(15-17-25)22(3)26-19-18-23-13-10-9-12-21(23)2/h9-10,12-17,22,26H,4-8,11,18-20H2,1-3H3. The molecule has 0 aliphatic rings. The SMILES string of the molecule is CCCCCCCCOc1ccc(C(C)NCCc2ccccc2C)cc1. The maximum absolute atomic E-state index is 5.88. The second-order valence-electron chi connectivity index (χ2n) is 7.54. The lowest BCUT2D eigenvalue weighted by molar-refractivity contribution is 0.304. The molecule has 2 nitrogen and oxygen atoms in total. The van der Waals surface area contributed by atoms with Crippen LogP contribution in [0.5, 0.6) is 5.75 Å². The molecule has 0 spiro atoms. The minimum absolute atomic E-state index is 0.349. The molecule has 1 unspecified atom stereocenters. The van der Waals surface area contributed by atoms with Crippen molar-refractivity contribution in [3.8, 4) is 5.75 Å². The van der Waals surface area contributed by atoms with Gasteiger partial charge in [0.2, 0.25) is 0 Å². The van der Waals surface area contributed by atoms with Crippen molar-refractivity contribution >= 4 is 0 Å². The molecule has 0 radical (unpaired) electrons. The molecule has 0 heterocycles. The number of aryl methyl sites for hydroxylation is 1. The van der Waals surface area contributed by atoms with Gasteiger partial charge in [0.1, 0.15) is 5.75 Å². The average molecular weight is 368 g/mol. The number of benzene rings is 2. The van der Waals surface area contributed by atoms with Crippen molar-refractivity contribution in [2.24, 2.45) is 0 Å². The maximum atomic E-state index is 5.88. The lowest BCUT2D eigenvalue weighted by atomic mass is 10.0. The summed E-state index contributed by atoms with van der Waals surface area (Å²) in [5.41, 5.74) is 4.11. The van der Waals surface area contributed by atoms with Crippen molar-refractivity contribution in [2.45, 2.75) is 71.8 Å². The Morgan fingerprint density at radius 2 is 1.59 bits per heavy atom. The minimum Gasteiger partial charge on any atom is -0.494 e. The second-order valence-corrected chi connectivity index (χ2v) is 7.54. The van der Waals surface area contributed by atoms with Gasteiger partial charge in [0.25, 0.3) is 0 Å². The van der Waals surface area contributed by atoms with E-state index in [4.69, 9.17) is 4.74 Å². The van der Waals surface area contributed by atoms with E-state index < -0.39 is 0 Å². The predicted molar refractivity (Wildman–Crippen MR) is 117 cm³/mol. The quantitative estimate of drug-likeness (QED) is 0.401. The summed E-state index contributed by atoms with van der Waals surface area (Å²) in [6.07, 6.45) is 8.86. The normalized spacial score (nSPS) is 12.1. The first kappa shape index (κ1) is 21.5. The van der Waals surface area contributed by atoms with Crippen molar-refractivity contribution in [1.29, 1.82) is 0 Å². The monoisotopic (exact) mass is 367 g/mol. The summed E-state index contributed by atoms with van der Waals surface area (Å²) < 4.78 is 5.88. The predicted octanol–water partition coefficient (Wildman–Crippen LogP) is 6.63. The Morgan fingerprint density at radius 1 is 0.889 bits per heavy atom. The van der Waals surface area contributed by atoms with Gasteiger partial charge in [0.15, 0.2) is 0 Å². The zero-order chi connectivity index (χ0) is 19.3. The molecule has 0 aromatic heterocycles.